The molecular weight excluding hydrogens is 98.1 g/mol. The van der Waals surface area contributed by atoms with Gasteiger partial charge in [-0.15, -0.1) is 0 Å². The van der Waals surface area contributed by atoms with Gasteiger partial charge >= 0.3 is 0 Å². The molecule has 1 nitrogen and oxygen atoms in total. The molecule has 0 saturated heterocycles. The lowest BCUT2D eigenvalue weighted by molar-refractivity contribution is 0.919. The molecule has 0 fully saturated rings. The average Bonchev–Trinajstić information content (AvgIpc) is 1.81. The molecule has 0 saturated carbocycles. The largest absolute Gasteiger partial charge is 0.391 e. The molecule has 8 heavy (non-hydrogen) atoms. The van der Waals surface area contributed by atoms with E-state index in [0.717, 1.165) is 6.54 Å². The van der Waals surface area contributed by atoms with Gasteiger partial charge in [-0.3, -0.25) is 0 Å². The summed E-state index contributed by atoms with van der Waals surface area (Å²) in [5, 5.41) is 3.05. The Morgan fingerprint density at radius 1 is 1.38 bits per heavy atom. The van der Waals surface area contributed by atoms with Crippen LogP contribution in [0.15, 0.2) is 24.4 Å². The van der Waals surface area contributed by atoms with Gasteiger partial charge in [0.25, 0.3) is 0 Å². The standard InChI is InChI=1S/C7H13N/c1-3-5-6-7-8-4-2/h3,5-8H,4H2,1-2H3/b5-3-,7-6-. The fourth-order valence-corrected chi connectivity index (χ4v) is 0.353. The minimum absolute atomic E-state index is 0.994. The lowest BCUT2D eigenvalue weighted by Gasteiger charge is -1.86. The number of nitrogens with one attached hydrogen (secondary N) is 1. The van der Waals surface area contributed by atoms with E-state index in [1.807, 2.05) is 31.4 Å². The van der Waals surface area contributed by atoms with E-state index in [1.165, 1.54) is 0 Å². The first-order valence-corrected chi connectivity index (χ1v) is 2.93. The van der Waals surface area contributed by atoms with E-state index in [1.54, 1.807) is 0 Å². The smallest absolute Gasteiger partial charge is 0.0113 e. The average molecular weight is 111 g/mol. The number of hydrogen-bond donors (Lipinski definition) is 1. The van der Waals surface area contributed by atoms with Crippen molar-refractivity contribution in [2.24, 2.45) is 0 Å². The van der Waals surface area contributed by atoms with Crippen molar-refractivity contribution in [1.82, 2.24) is 5.32 Å². The van der Waals surface area contributed by atoms with Crippen molar-refractivity contribution in [3.63, 3.8) is 0 Å². The maximum absolute atomic E-state index is 3.05. The van der Waals surface area contributed by atoms with Crippen molar-refractivity contribution in [2.45, 2.75) is 13.8 Å². The maximum atomic E-state index is 3.05. The van der Waals surface area contributed by atoms with Crippen LogP contribution in [0, 0.1) is 0 Å². The number of hydrogen-bond acceptors (Lipinski definition) is 1. The normalized spacial score (nSPS) is 11.2. The lowest BCUT2D eigenvalue weighted by atomic mass is 10.5. The Hall–Kier alpha value is -0.720. The SMILES string of the molecule is C/C=C\C=C/NCC. The number of rotatable bonds is 3. The predicted octanol–water partition coefficient (Wildman–Crippen LogP) is 1.69. The Morgan fingerprint density at radius 2 is 2.12 bits per heavy atom. The number of allylic oxidation sites excluding steroid dienone is 3. The zero-order valence-electron chi connectivity index (χ0n) is 5.52. The topological polar surface area (TPSA) is 12.0 Å². The molecule has 0 aliphatic rings. The van der Waals surface area contributed by atoms with Crippen molar-refractivity contribution >= 4 is 0 Å². The van der Waals surface area contributed by atoms with Gasteiger partial charge in [0, 0.05) is 6.54 Å². The van der Waals surface area contributed by atoms with Crippen LogP contribution in [0.4, 0.5) is 0 Å². The Kier molecular flexibility index (Phi) is 5.71. The van der Waals surface area contributed by atoms with E-state index in [-0.39, 0.29) is 0 Å². The molecule has 0 aromatic heterocycles. The van der Waals surface area contributed by atoms with Gasteiger partial charge in [-0.05, 0) is 26.1 Å². The first kappa shape index (κ1) is 7.28. The summed E-state index contributed by atoms with van der Waals surface area (Å²) in [5.41, 5.74) is 0. The molecule has 0 aromatic carbocycles. The third kappa shape index (κ3) is 5.28. The molecule has 0 radical (unpaired) electrons. The molecule has 0 aliphatic carbocycles. The summed E-state index contributed by atoms with van der Waals surface area (Å²) in [6.45, 7) is 5.06. The Balaban J connectivity index is 3.07. The molecule has 0 aromatic rings. The van der Waals surface area contributed by atoms with Gasteiger partial charge in [-0.2, -0.15) is 0 Å². The second-order valence-electron chi connectivity index (χ2n) is 1.44. The minimum atomic E-state index is 0.994. The molecule has 0 aliphatic heterocycles. The molecular formula is C7H13N. The van der Waals surface area contributed by atoms with E-state index in [9.17, 15) is 0 Å². The Morgan fingerprint density at radius 3 is 2.62 bits per heavy atom. The predicted molar refractivity (Wildman–Crippen MR) is 37.6 cm³/mol. The van der Waals surface area contributed by atoms with Crippen molar-refractivity contribution in [3.05, 3.63) is 24.4 Å². The van der Waals surface area contributed by atoms with Gasteiger partial charge in [0.15, 0.2) is 0 Å². The molecule has 0 bridgehead atoms. The van der Waals surface area contributed by atoms with Crippen LogP contribution in [0.3, 0.4) is 0 Å². The van der Waals surface area contributed by atoms with Crippen LogP contribution in [-0.2, 0) is 0 Å². The van der Waals surface area contributed by atoms with Gasteiger partial charge in [0.1, 0.15) is 0 Å². The van der Waals surface area contributed by atoms with Crippen LogP contribution >= 0.6 is 0 Å². The quantitative estimate of drug-likeness (QED) is 0.546. The van der Waals surface area contributed by atoms with E-state index in [0.29, 0.717) is 0 Å². The zero-order valence-corrected chi connectivity index (χ0v) is 5.52. The Bertz CT molecular complexity index is 82.4. The molecule has 0 atom stereocenters. The maximum Gasteiger partial charge on any atom is 0.0113 e. The summed E-state index contributed by atoms with van der Waals surface area (Å²) in [5.74, 6) is 0. The molecule has 0 rings (SSSR count). The third-order valence-electron chi connectivity index (χ3n) is 0.722. The first-order chi connectivity index (χ1) is 3.91. The van der Waals surface area contributed by atoms with Crippen LogP contribution in [0.2, 0.25) is 0 Å². The van der Waals surface area contributed by atoms with Gasteiger partial charge in [0.05, 0.1) is 0 Å². The van der Waals surface area contributed by atoms with Crippen LogP contribution in [-0.4, -0.2) is 6.54 Å². The summed E-state index contributed by atoms with van der Waals surface area (Å²) in [4.78, 5) is 0. The van der Waals surface area contributed by atoms with Crippen molar-refractivity contribution < 1.29 is 0 Å². The van der Waals surface area contributed by atoms with E-state index in [4.69, 9.17) is 0 Å². The van der Waals surface area contributed by atoms with E-state index < -0.39 is 0 Å². The van der Waals surface area contributed by atoms with Crippen LogP contribution in [0.5, 0.6) is 0 Å². The lowest BCUT2D eigenvalue weighted by Crippen LogP contribution is -2.00. The highest BCUT2D eigenvalue weighted by atomic mass is 14.8. The molecule has 1 N–H and O–H groups in total. The monoisotopic (exact) mass is 111 g/mol. The van der Waals surface area contributed by atoms with Gasteiger partial charge in [-0.25, -0.2) is 0 Å². The first-order valence-electron chi connectivity index (χ1n) is 2.93. The summed E-state index contributed by atoms with van der Waals surface area (Å²) in [7, 11) is 0. The van der Waals surface area contributed by atoms with Crippen molar-refractivity contribution in [2.75, 3.05) is 6.54 Å². The Labute approximate surface area is 51.1 Å². The van der Waals surface area contributed by atoms with Crippen molar-refractivity contribution in [3.8, 4) is 0 Å². The molecule has 1 heteroatoms. The molecule has 0 amide bonds. The highest BCUT2D eigenvalue weighted by Gasteiger charge is 1.61. The third-order valence-corrected chi connectivity index (χ3v) is 0.722. The molecule has 0 unspecified atom stereocenters. The summed E-state index contributed by atoms with van der Waals surface area (Å²) in [6, 6.07) is 0. The van der Waals surface area contributed by atoms with Crippen LogP contribution < -0.4 is 5.32 Å². The van der Waals surface area contributed by atoms with Crippen LogP contribution in [0.1, 0.15) is 13.8 Å². The fraction of sp³-hybridized carbons (Fsp3) is 0.429. The molecule has 0 spiro atoms. The summed E-state index contributed by atoms with van der Waals surface area (Å²) >= 11 is 0. The van der Waals surface area contributed by atoms with Gasteiger partial charge in [0.2, 0.25) is 0 Å². The zero-order chi connectivity index (χ0) is 6.24. The highest BCUT2D eigenvalue weighted by Crippen LogP contribution is 1.71. The van der Waals surface area contributed by atoms with E-state index in [2.05, 4.69) is 12.2 Å². The summed E-state index contributed by atoms with van der Waals surface area (Å²) < 4.78 is 0. The molecule has 46 valence electrons. The second-order valence-corrected chi connectivity index (χ2v) is 1.44. The van der Waals surface area contributed by atoms with Gasteiger partial charge in [-0.1, -0.05) is 12.2 Å². The van der Waals surface area contributed by atoms with E-state index >= 15 is 0 Å². The van der Waals surface area contributed by atoms with Gasteiger partial charge < -0.3 is 5.32 Å². The van der Waals surface area contributed by atoms with Crippen molar-refractivity contribution in [1.29, 1.82) is 0 Å². The highest BCUT2D eigenvalue weighted by molar-refractivity contribution is 4.99. The molecule has 0 heterocycles. The summed E-state index contributed by atoms with van der Waals surface area (Å²) in [6.07, 6.45) is 7.89. The minimum Gasteiger partial charge on any atom is -0.391 e. The van der Waals surface area contributed by atoms with Crippen LogP contribution in [0.25, 0.3) is 0 Å². The fourth-order valence-electron chi connectivity index (χ4n) is 0.353. The second kappa shape index (κ2) is 6.28.